The van der Waals surface area contributed by atoms with E-state index in [9.17, 15) is 19.7 Å². The monoisotopic (exact) mass is 365 g/mol. The van der Waals surface area contributed by atoms with E-state index in [0.717, 1.165) is 10.2 Å². The van der Waals surface area contributed by atoms with Gasteiger partial charge in [0.25, 0.3) is 11.2 Å². The van der Waals surface area contributed by atoms with Crippen LogP contribution in [0, 0.1) is 10.1 Å². The normalized spacial score (nSPS) is 10.4. The van der Waals surface area contributed by atoms with Gasteiger partial charge in [0, 0.05) is 23.8 Å². The van der Waals surface area contributed by atoms with Crippen LogP contribution in [0.5, 0.6) is 0 Å². The van der Waals surface area contributed by atoms with Gasteiger partial charge in [-0.25, -0.2) is 4.68 Å². The van der Waals surface area contributed by atoms with Gasteiger partial charge in [0.1, 0.15) is 13.2 Å². The van der Waals surface area contributed by atoms with Gasteiger partial charge in [0.15, 0.2) is 0 Å². The van der Waals surface area contributed by atoms with Crippen molar-refractivity contribution in [3.05, 3.63) is 92.8 Å². The number of hydrogen-bond acceptors (Lipinski definition) is 6. The third kappa shape index (κ3) is 4.63. The number of nitro groups is 1. The first-order valence-corrected chi connectivity index (χ1v) is 8.05. The van der Waals surface area contributed by atoms with Crippen LogP contribution in [-0.4, -0.2) is 20.7 Å². The standard InChI is InChI=1S/C19H15N3O5/c23-18-11-10-17(15-6-8-16(9-7-15)22(25)26)20-21(18)12-19(24)27-13-14-4-2-1-3-5-14/h1-11H,12-13H2. The van der Waals surface area contributed by atoms with E-state index in [1.54, 1.807) is 0 Å². The molecule has 2 aromatic carbocycles. The van der Waals surface area contributed by atoms with Crippen LogP contribution in [-0.2, 0) is 22.7 Å². The molecule has 0 atom stereocenters. The summed E-state index contributed by atoms with van der Waals surface area (Å²) >= 11 is 0. The van der Waals surface area contributed by atoms with Gasteiger partial charge in [-0.1, -0.05) is 30.3 Å². The largest absolute Gasteiger partial charge is 0.459 e. The molecule has 8 nitrogen and oxygen atoms in total. The summed E-state index contributed by atoms with van der Waals surface area (Å²) in [4.78, 5) is 34.2. The van der Waals surface area contributed by atoms with E-state index in [2.05, 4.69) is 5.10 Å². The molecule has 3 aromatic rings. The number of esters is 1. The van der Waals surface area contributed by atoms with Crippen LogP contribution in [0.15, 0.2) is 71.5 Å². The van der Waals surface area contributed by atoms with Crippen LogP contribution < -0.4 is 5.56 Å². The SMILES string of the molecule is O=C(Cn1nc(-c2ccc([N+](=O)[O-])cc2)ccc1=O)OCc1ccccc1. The number of aromatic nitrogens is 2. The van der Waals surface area contributed by atoms with Gasteiger partial charge in [0.05, 0.1) is 10.6 Å². The highest BCUT2D eigenvalue weighted by molar-refractivity contribution is 5.69. The molecule has 0 fully saturated rings. The first-order chi connectivity index (χ1) is 13.0. The van der Waals surface area contributed by atoms with E-state index in [1.807, 2.05) is 30.3 Å². The Labute approximate surface area is 153 Å². The lowest BCUT2D eigenvalue weighted by atomic mass is 10.1. The number of carbonyl (C=O) groups excluding carboxylic acids is 1. The molecule has 0 aliphatic carbocycles. The summed E-state index contributed by atoms with van der Waals surface area (Å²) in [5.74, 6) is -0.589. The first kappa shape index (κ1) is 18.0. The fraction of sp³-hybridized carbons (Fsp3) is 0.105. The molecule has 0 saturated carbocycles. The van der Waals surface area contributed by atoms with Crippen molar-refractivity contribution < 1.29 is 14.5 Å². The van der Waals surface area contributed by atoms with Crippen molar-refractivity contribution in [3.63, 3.8) is 0 Å². The summed E-state index contributed by atoms with van der Waals surface area (Å²) in [6.07, 6.45) is 0. The predicted octanol–water partition coefficient (Wildman–Crippen LogP) is 2.56. The fourth-order valence-electron chi connectivity index (χ4n) is 2.38. The highest BCUT2D eigenvalue weighted by atomic mass is 16.6. The summed E-state index contributed by atoms with van der Waals surface area (Å²) in [7, 11) is 0. The van der Waals surface area contributed by atoms with E-state index in [1.165, 1.54) is 36.4 Å². The molecule has 8 heteroatoms. The van der Waals surface area contributed by atoms with Crippen LogP contribution in [0.25, 0.3) is 11.3 Å². The maximum absolute atomic E-state index is 12.0. The lowest BCUT2D eigenvalue weighted by Crippen LogP contribution is -2.27. The molecule has 1 heterocycles. The van der Waals surface area contributed by atoms with Crippen LogP contribution in [0.4, 0.5) is 5.69 Å². The molecule has 0 amide bonds. The van der Waals surface area contributed by atoms with Crippen molar-refractivity contribution in [1.29, 1.82) is 0 Å². The van der Waals surface area contributed by atoms with E-state index < -0.39 is 16.5 Å². The lowest BCUT2D eigenvalue weighted by molar-refractivity contribution is -0.384. The minimum absolute atomic E-state index is 0.0449. The van der Waals surface area contributed by atoms with Gasteiger partial charge < -0.3 is 4.74 Å². The highest BCUT2D eigenvalue weighted by Gasteiger charge is 2.11. The molecule has 0 unspecified atom stereocenters. The Morgan fingerprint density at radius 3 is 2.41 bits per heavy atom. The quantitative estimate of drug-likeness (QED) is 0.378. The van der Waals surface area contributed by atoms with Crippen LogP contribution >= 0.6 is 0 Å². The molecule has 0 spiro atoms. The summed E-state index contributed by atoms with van der Waals surface area (Å²) in [6, 6.07) is 17.7. The van der Waals surface area contributed by atoms with Crippen LogP contribution in [0.3, 0.4) is 0 Å². The van der Waals surface area contributed by atoms with E-state index in [4.69, 9.17) is 4.74 Å². The highest BCUT2D eigenvalue weighted by Crippen LogP contribution is 2.19. The minimum Gasteiger partial charge on any atom is -0.459 e. The molecule has 0 radical (unpaired) electrons. The Morgan fingerprint density at radius 1 is 1.04 bits per heavy atom. The van der Waals surface area contributed by atoms with Crippen molar-refractivity contribution >= 4 is 11.7 Å². The van der Waals surface area contributed by atoms with E-state index >= 15 is 0 Å². The lowest BCUT2D eigenvalue weighted by Gasteiger charge is -2.08. The molecular weight excluding hydrogens is 350 g/mol. The first-order valence-electron chi connectivity index (χ1n) is 8.05. The van der Waals surface area contributed by atoms with Gasteiger partial charge in [0.2, 0.25) is 0 Å². The zero-order valence-electron chi connectivity index (χ0n) is 14.1. The Balaban J connectivity index is 1.72. The van der Waals surface area contributed by atoms with Crippen molar-refractivity contribution in [1.82, 2.24) is 9.78 Å². The number of benzene rings is 2. The minimum atomic E-state index is -0.589. The number of rotatable bonds is 6. The van der Waals surface area contributed by atoms with E-state index in [-0.39, 0.29) is 18.8 Å². The van der Waals surface area contributed by atoms with E-state index in [0.29, 0.717) is 11.3 Å². The maximum Gasteiger partial charge on any atom is 0.328 e. The van der Waals surface area contributed by atoms with Crippen molar-refractivity contribution in [2.75, 3.05) is 0 Å². The fourth-order valence-corrected chi connectivity index (χ4v) is 2.38. The van der Waals surface area contributed by atoms with Crippen molar-refractivity contribution in [2.24, 2.45) is 0 Å². The molecule has 27 heavy (non-hydrogen) atoms. The average molecular weight is 365 g/mol. The molecule has 136 valence electrons. The predicted molar refractivity (Wildman–Crippen MR) is 96.8 cm³/mol. The van der Waals surface area contributed by atoms with Crippen molar-refractivity contribution in [3.8, 4) is 11.3 Å². The molecule has 0 aliphatic rings. The average Bonchev–Trinajstić information content (AvgIpc) is 2.69. The topological polar surface area (TPSA) is 104 Å². The van der Waals surface area contributed by atoms with Gasteiger partial charge in [-0.2, -0.15) is 5.10 Å². The summed E-state index contributed by atoms with van der Waals surface area (Å²) < 4.78 is 6.17. The van der Waals surface area contributed by atoms with Gasteiger partial charge >= 0.3 is 5.97 Å². The number of non-ortho nitro benzene ring substituents is 1. The number of ether oxygens (including phenoxy) is 1. The Bertz CT molecular complexity index is 1010. The number of hydrogen-bond donors (Lipinski definition) is 0. The van der Waals surface area contributed by atoms with Crippen LogP contribution in [0.1, 0.15) is 5.56 Å². The summed E-state index contributed by atoms with van der Waals surface area (Å²) in [5, 5.41) is 14.9. The van der Waals surface area contributed by atoms with Gasteiger partial charge in [-0.15, -0.1) is 0 Å². The summed E-state index contributed by atoms with van der Waals surface area (Å²) in [6.45, 7) is -0.219. The van der Waals surface area contributed by atoms with Gasteiger partial charge in [-0.3, -0.25) is 19.7 Å². The Kier molecular flexibility index (Phi) is 5.36. The molecule has 0 saturated heterocycles. The molecule has 3 rings (SSSR count). The molecule has 1 aromatic heterocycles. The summed E-state index contributed by atoms with van der Waals surface area (Å²) in [5.41, 5.74) is 1.35. The second-order valence-electron chi connectivity index (χ2n) is 5.66. The third-order valence-corrected chi connectivity index (χ3v) is 3.76. The second kappa shape index (κ2) is 8.05. The number of nitro benzene ring substituents is 1. The molecule has 0 N–H and O–H groups in total. The maximum atomic E-state index is 12.0. The zero-order chi connectivity index (χ0) is 19.2. The van der Waals surface area contributed by atoms with Crippen molar-refractivity contribution in [2.45, 2.75) is 13.2 Å². The smallest absolute Gasteiger partial charge is 0.328 e. The number of carbonyl (C=O) groups is 1. The Morgan fingerprint density at radius 2 is 1.74 bits per heavy atom. The molecular formula is C19H15N3O5. The van der Waals surface area contributed by atoms with Gasteiger partial charge in [-0.05, 0) is 23.8 Å². The second-order valence-corrected chi connectivity index (χ2v) is 5.66. The van der Waals surface area contributed by atoms with Crippen LogP contribution in [0.2, 0.25) is 0 Å². The number of nitrogens with zero attached hydrogens (tertiary/aromatic N) is 3. The molecule has 0 aliphatic heterocycles. The third-order valence-electron chi connectivity index (χ3n) is 3.76. The Hall–Kier alpha value is -3.81. The zero-order valence-corrected chi connectivity index (χ0v) is 14.1. The molecule has 0 bridgehead atoms.